The first-order valence-corrected chi connectivity index (χ1v) is 6.16. The third-order valence-corrected chi connectivity index (χ3v) is 2.86. The minimum absolute atomic E-state index is 0.0982. The number of anilines is 2. The minimum Gasteiger partial charge on any atom is -0.399 e. The van der Waals surface area contributed by atoms with Gasteiger partial charge in [-0.3, -0.25) is 4.79 Å². The van der Waals surface area contributed by atoms with Crippen molar-refractivity contribution in [2.75, 3.05) is 31.7 Å². The standard InChI is InChI=1S/C14H18N4O/c1-18(2)14(19)7-8-16-13-6-3-10-9-11(15)4-5-12(10)17-13/h3-6,9H,7-8,15H2,1-2H3,(H,16,17). The van der Waals surface area contributed by atoms with Gasteiger partial charge >= 0.3 is 0 Å². The summed E-state index contributed by atoms with van der Waals surface area (Å²) in [6.45, 7) is 0.574. The number of carbonyl (C=O) groups excluding carboxylic acids is 1. The number of nitrogens with one attached hydrogen (secondary N) is 1. The van der Waals surface area contributed by atoms with Crippen LogP contribution in [0.4, 0.5) is 11.5 Å². The normalized spacial score (nSPS) is 10.4. The predicted molar refractivity (Wildman–Crippen MR) is 78.0 cm³/mol. The van der Waals surface area contributed by atoms with Crippen LogP contribution in [-0.4, -0.2) is 36.4 Å². The van der Waals surface area contributed by atoms with Crippen molar-refractivity contribution < 1.29 is 4.79 Å². The summed E-state index contributed by atoms with van der Waals surface area (Å²) < 4.78 is 0. The van der Waals surface area contributed by atoms with Crippen molar-refractivity contribution in [2.45, 2.75) is 6.42 Å². The van der Waals surface area contributed by atoms with Gasteiger partial charge in [0, 0.05) is 38.1 Å². The molecule has 0 fully saturated rings. The van der Waals surface area contributed by atoms with Crippen molar-refractivity contribution in [2.24, 2.45) is 0 Å². The molecule has 0 radical (unpaired) electrons. The van der Waals surface area contributed by atoms with Crippen molar-refractivity contribution in [1.82, 2.24) is 9.88 Å². The van der Waals surface area contributed by atoms with Crippen LogP contribution in [0.1, 0.15) is 6.42 Å². The number of nitrogen functional groups attached to an aromatic ring is 1. The molecule has 0 saturated carbocycles. The average molecular weight is 258 g/mol. The first kappa shape index (κ1) is 13.1. The Morgan fingerprint density at radius 1 is 1.32 bits per heavy atom. The van der Waals surface area contributed by atoms with Gasteiger partial charge in [-0.2, -0.15) is 0 Å². The van der Waals surface area contributed by atoms with Gasteiger partial charge in [0.2, 0.25) is 5.91 Å². The number of amides is 1. The summed E-state index contributed by atoms with van der Waals surface area (Å²) in [5.74, 6) is 0.866. The lowest BCUT2D eigenvalue weighted by atomic mass is 10.2. The van der Waals surface area contributed by atoms with E-state index in [1.54, 1.807) is 19.0 Å². The molecule has 1 aromatic carbocycles. The van der Waals surface area contributed by atoms with E-state index in [2.05, 4.69) is 10.3 Å². The second-order valence-corrected chi connectivity index (χ2v) is 4.61. The highest BCUT2D eigenvalue weighted by Gasteiger charge is 2.03. The molecule has 0 spiro atoms. The van der Waals surface area contributed by atoms with E-state index in [0.717, 1.165) is 22.4 Å². The van der Waals surface area contributed by atoms with Crippen molar-refractivity contribution in [3.05, 3.63) is 30.3 Å². The summed E-state index contributed by atoms with van der Waals surface area (Å²) in [5.41, 5.74) is 7.33. The first-order chi connectivity index (χ1) is 9.06. The Balaban J connectivity index is 2.02. The quantitative estimate of drug-likeness (QED) is 0.819. The zero-order chi connectivity index (χ0) is 13.8. The molecule has 100 valence electrons. The lowest BCUT2D eigenvalue weighted by molar-refractivity contribution is -0.128. The fourth-order valence-electron chi connectivity index (χ4n) is 1.76. The summed E-state index contributed by atoms with van der Waals surface area (Å²) in [6, 6.07) is 9.47. The second-order valence-electron chi connectivity index (χ2n) is 4.61. The zero-order valence-corrected chi connectivity index (χ0v) is 11.2. The van der Waals surface area contributed by atoms with Gasteiger partial charge in [-0.1, -0.05) is 0 Å². The highest BCUT2D eigenvalue weighted by atomic mass is 16.2. The van der Waals surface area contributed by atoms with E-state index >= 15 is 0 Å². The van der Waals surface area contributed by atoms with E-state index in [9.17, 15) is 4.79 Å². The highest BCUT2D eigenvalue weighted by molar-refractivity contribution is 5.83. The molecule has 2 rings (SSSR count). The topological polar surface area (TPSA) is 71.2 Å². The molecule has 1 amide bonds. The van der Waals surface area contributed by atoms with Crippen LogP contribution in [0.3, 0.4) is 0 Å². The number of aromatic nitrogens is 1. The van der Waals surface area contributed by atoms with E-state index in [1.807, 2.05) is 30.3 Å². The number of benzene rings is 1. The summed E-state index contributed by atoms with van der Waals surface area (Å²) in [4.78, 5) is 17.5. The molecular formula is C14H18N4O. The Bertz CT molecular complexity index is 595. The molecule has 0 aliphatic heterocycles. The molecule has 1 aromatic heterocycles. The molecule has 5 heteroatoms. The molecule has 0 atom stereocenters. The van der Waals surface area contributed by atoms with Crippen LogP contribution in [0.2, 0.25) is 0 Å². The van der Waals surface area contributed by atoms with Crippen LogP contribution in [0, 0.1) is 0 Å². The zero-order valence-electron chi connectivity index (χ0n) is 11.2. The number of carbonyl (C=O) groups is 1. The number of hydrogen-bond donors (Lipinski definition) is 2. The number of nitrogens with two attached hydrogens (primary N) is 1. The van der Waals surface area contributed by atoms with Crippen molar-refractivity contribution >= 4 is 28.3 Å². The van der Waals surface area contributed by atoms with Crippen LogP contribution >= 0.6 is 0 Å². The maximum atomic E-state index is 11.4. The van der Waals surface area contributed by atoms with Crippen LogP contribution < -0.4 is 11.1 Å². The summed E-state index contributed by atoms with van der Waals surface area (Å²) in [6.07, 6.45) is 0.453. The first-order valence-electron chi connectivity index (χ1n) is 6.16. The van der Waals surface area contributed by atoms with Gasteiger partial charge in [0.15, 0.2) is 0 Å². The number of nitrogens with zero attached hydrogens (tertiary/aromatic N) is 2. The number of hydrogen-bond acceptors (Lipinski definition) is 4. The maximum Gasteiger partial charge on any atom is 0.223 e. The second kappa shape index (κ2) is 5.56. The molecule has 2 aromatic rings. The van der Waals surface area contributed by atoms with E-state index < -0.39 is 0 Å². The van der Waals surface area contributed by atoms with Gasteiger partial charge in [-0.25, -0.2) is 4.98 Å². The largest absolute Gasteiger partial charge is 0.399 e. The smallest absolute Gasteiger partial charge is 0.223 e. The number of fused-ring (bicyclic) bond motifs is 1. The highest BCUT2D eigenvalue weighted by Crippen LogP contribution is 2.17. The van der Waals surface area contributed by atoms with Crippen molar-refractivity contribution in [1.29, 1.82) is 0 Å². The Morgan fingerprint density at radius 2 is 2.11 bits per heavy atom. The van der Waals surface area contributed by atoms with Gasteiger partial charge in [0.25, 0.3) is 0 Å². The molecule has 5 nitrogen and oxygen atoms in total. The number of rotatable bonds is 4. The van der Waals surface area contributed by atoms with Gasteiger partial charge in [-0.05, 0) is 30.3 Å². The maximum absolute atomic E-state index is 11.4. The van der Waals surface area contributed by atoms with Gasteiger partial charge < -0.3 is 16.0 Å². The summed E-state index contributed by atoms with van der Waals surface area (Å²) in [5, 5.41) is 4.16. The third kappa shape index (κ3) is 3.34. The van der Waals surface area contributed by atoms with E-state index in [0.29, 0.717) is 13.0 Å². The van der Waals surface area contributed by atoms with Crippen LogP contribution in [-0.2, 0) is 4.79 Å². The predicted octanol–water partition coefficient (Wildman–Crippen LogP) is 1.71. The van der Waals surface area contributed by atoms with Gasteiger partial charge in [0.05, 0.1) is 5.52 Å². The lowest BCUT2D eigenvalue weighted by Crippen LogP contribution is -2.24. The SMILES string of the molecule is CN(C)C(=O)CCNc1ccc2cc(N)ccc2n1. The molecule has 3 N–H and O–H groups in total. The molecule has 0 aliphatic rings. The van der Waals surface area contributed by atoms with E-state index in [4.69, 9.17) is 5.73 Å². The Labute approximate surface area is 112 Å². The fraction of sp³-hybridized carbons (Fsp3) is 0.286. The molecule has 0 saturated heterocycles. The molecular weight excluding hydrogens is 240 g/mol. The van der Waals surface area contributed by atoms with E-state index in [-0.39, 0.29) is 5.91 Å². The Kier molecular flexibility index (Phi) is 3.85. The Morgan fingerprint density at radius 3 is 2.84 bits per heavy atom. The molecule has 0 aliphatic carbocycles. The molecule has 1 heterocycles. The van der Waals surface area contributed by atoms with Crippen LogP contribution in [0.5, 0.6) is 0 Å². The fourth-order valence-corrected chi connectivity index (χ4v) is 1.76. The van der Waals surface area contributed by atoms with Gasteiger partial charge in [-0.15, -0.1) is 0 Å². The van der Waals surface area contributed by atoms with Crippen molar-refractivity contribution in [3.8, 4) is 0 Å². The van der Waals surface area contributed by atoms with Crippen LogP contribution in [0.15, 0.2) is 30.3 Å². The molecule has 0 bridgehead atoms. The third-order valence-electron chi connectivity index (χ3n) is 2.86. The monoisotopic (exact) mass is 258 g/mol. The number of pyridine rings is 1. The van der Waals surface area contributed by atoms with Crippen molar-refractivity contribution in [3.63, 3.8) is 0 Å². The minimum atomic E-state index is 0.0982. The summed E-state index contributed by atoms with van der Waals surface area (Å²) >= 11 is 0. The van der Waals surface area contributed by atoms with E-state index in [1.165, 1.54) is 0 Å². The lowest BCUT2D eigenvalue weighted by Gasteiger charge is -2.11. The molecule has 19 heavy (non-hydrogen) atoms. The average Bonchev–Trinajstić information content (AvgIpc) is 2.38. The van der Waals surface area contributed by atoms with Crippen LogP contribution in [0.25, 0.3) is 10.9 Å². The van der Waals surface area contributed by atoms with Gasteiger partial charge in [0.1, 0.15) is 5.82 Å². The summed E-state index contributed by atoms with van der Waals surface area (Å²) in [7, 11) is 3.50. The molecule has 0 unspecified atom stereocenters. The Hall–Kier alpha value is -2.30.